The van der Waals surface area contributed by atoms with E-state index in [1.54, 1.807) is 31.4 Å². The van der Waals surface area contributed by atoms with Gasteiger partial charge in [0.15, 0.2) is 0 Å². The van der Waals surface area contributed by atoms with E-state index >= 15 is 0 Å². The van der Waals surface area contributed by atoms with Crippen LogP contribution in [0, 0.1) is 0 Å². The number of ether oxygens (including phenoxy) is 1. The summed E-state index contributed by atoms with van der Waals surface area (Å²) in [5.74, 6) is 0.735. The van der Waals surface area contributed by atoms with Gasteiger partial charge in [0.2, 0.25) is 0 Å². The quantitative estimate of drug-likeness (QED) is 0.823. The number of benzene rings is 1. The number of hydrogen-bond donors (Lipinski definition) is 1. The monoisotopic (exact) mass is 284 g/mol. The summed E-state index contributed by atoms with van der Waals surface area (Å²) in [6.07, 6.45) is 0. The number of nitrogens with one attached hydrogen (secondary N) is 1. The van der Waals surface area contributed by atoms with Crippen LogP contribution in [0.4, 0.5) is 0 Å². The number of methoxy groups -OCH3 is 1. The van der Waals surface area contributed by atoms with Crippen LogP contribution in [0.1, 0.15) is 10.4 Å². The molecule has 1 rings (SSSR count). The van der Waals surface area contributed by atoms with E-state index in [0.717, 1.165) is 10.3 Å². The Hall–Kier alpha value is -0.711. The van der Waals surface area contributed by atoms with E-state index in [2.05, 4.69) is 5.32 Å². The molecular weight excluding hydrogens is 273 g/mol. The van der Waals surface area contributed by atoms with Crippen LogP contribution < -0.4 is 10.1 Å². The molecule has 0 atom stereocenters. The van der Waals surface area contributed by atoms with Gasteiger partial charge in [0, 0.05) is 0 Å². The van der Waals surface area contributed by atoms with E-state index in [4.69, 9.17) is 4.74 Å². The number of amides is 1. The topological polar surface area (TPSA) is 38.3 Å². The molecule has 4 heteroatoms. The Labute approximate surface area is 90.6 Å². The minimum atomic E-state index is -0.0283. The fourth-order valence-corrected chi connectivity index (χ4v) is 1.38. The third-order valence-electron chi connectivity index (χ3n) is 1.60. The Morgan fingerprint density at radius 2 is 2.08 bits per heavy atom. The molecule has 1 N–H and O–H groups in total. The van der Waals surface area contributed by atoms with Gasteiger partial charge >= 0.3 is 90.5 Å². The van der Waals surface area contributed by atoms with Crippen LogP contribution in [-0.4, -0.2) is 40.1 Å². The van der Waals surface area contributed by atoms with Gasteiger partial charge in [-0.15, -0.1) is 0 Å². The van der Waals surface area contributed by atoms with Gasteiger partial charge in [0.05, 0.1) is 0 Å². The van der Waals surface area contributed by atoms with Gasteiger partial charge < -0.3 is 0 Å². The van der Waals surface area contributed by atoms with Crippen molar-refractivity contribution in [2.75, 3.05) is 11.7 Å². The molecule has 0 fully saturated rings. The molecule has 0 aromatic heterocycles. The summed E-state index contributed by atoms with van der Waals surface area (Å²) in [6.45, 7) is 0. The van der Waals surface area contributed by atoms with E-state index in [-0.39, 0.29) is 5.91 Å². The zero-order valence-corrected chi connectivity index (χ0v) is 10.2. The molecule has 0 bridgehead atoms. The van der Waals surface area contributed by atoms with Crippen molar-refractivity contribution in [2.24, 2.45) is 0 Å². The average molecular weight is 283 g/mol. The van der Waals surface area contributed by atoms with Crippen LogP contribution in [0.5, 0.6) is 5.75 Å². The summed E-state index contributed by atoms with van der Waals surface area (Å²) in [7, 11) is 1.60. The first-order chi connectivity index (χ1) is 6.27. The van der Waals surface area contributed by atoms with Crippen LogP contribution in [0.3, 0.4) is 0 Å². The second-order valence-electron chi connectivity index (χ2n) is 2.41. The van der Waals surface area contributed by atoms with Crippen LogP contribution in [0.15, 0.2) is 24.3 Å². The molecule has 1 aromatic carbocycles. The molecule has 0 aliphatic rings. The molecule has 3 radical (unpaired) electrons. The Morgan fingerprint density at radius 3 is 2.54 bits per heavy atom. The van der Waals surface area contributed by atoms with Gasteiger partial charge in [-0.1, -0.05) is 0 Å². The maximum atomic E-state index is 11.3. The van der Waals surface area contributed by atoms with E-state index in [1.165, 1.54) is 22.5 Å². The fourth-order valence-electron chi connectivity index (χ4n) is 0.925. The first kappa shape index (κ1) is 10.4. The number of carbonyl (C=O) groups is 1. The SMILES string of the molecule is COc1ccc(C(=O)N[CH2][Sn])cc1. The van der Waals surface area contributed by atoms with Gasteiger partial charge in [-0.3, -0.25) is 0 Å². The first-order valence-corrected chi connectivity index (χ1v) is 5.86. The van der Waals surface area contributed by atoms with Crippen LogP contribution >= 0.6 is 0 Å². The van der Waals surface area contributed by atoms with Crippen molar-refractivity contribution in [3.63, 3.8) is 0 Å². The zero-order valence-electron chi connectivity index (χ0n) is 7.33. The second kappa shape index (κ2) is 5.11. The number of rotatable bonds is 3. The molecule has 0 saturated heterocycles. The van der Waals surface area contributed by atoms with Crippen molar-refractivity contribution in [2.45, 2.75) is 0 Å². The molecule has 1 aromatic rings. The molecule has 0 saturated carbocycles. The Kier molecular flexibility index (Phi) is 4.08. The van der Waals surface area contributed by atoms with Gasteiger partial charge in [0.25, 0.3) is 0 Å². The van der Waals surface area contributed by atoms with Gasteiger partial charge in [-0.2, -0.15) is 0 Å². The molecule has 1 amide bonds. The predicted molar refractivity (Wildman–Crippen MR) is 51.1 cm³/mol. The first-order valence-electron chi connectivity index (χ1n) is 3.84. The third kappa shape index (κ3) is 2.91. The van der Waals surface area contributed by atoms with E-state index < -0.39 is 0 Å². The molecule has 0 spiro atoms. The zero-order chi connectivity index (χ0) is 9.68. The van der Waals surface area contributed by atoms with Gasteiger partial charge in [-0.05, 0) is 0 Å². The summed E-state index contributed by atoms with van der Waals surface area (Å²) in [4.78, 5) is 11.3. The van der Waals surface area contributed by atoms with E-state index in [9.17, 15) is 4.79 Å². The normalized spacial score (nSPS) is 9.38. The van der Waals surface area contributed by atoms with Crippen molar-refractivity contribution < 1.29 is 9.53 Å². The van der Waals surface area contributed by atoms with Crippen molar-refractivity contribution in [3.8, 4) is 5.75 Å². The summed E-state index contributed by atoms with van der Waals surface area (Å²) < 4.78 is 5.72. The minimum absolute atomic E-state index is 0.0283. The van der Waals surface area contributed by atoms with Crippen LogP contribution in [-0.2, 0) is 0 Å². The molecule has 0 heterocycles. The maximum absolute atomic E-state index is 11.3. The summed E-state index contributed by atoms with van der Waals surface area (Å²) in [5.41, 5.74) is 0.670. The van der Waals surface area contributed by atoms with Crippen molar-refractivity contribution in [3.05, 3.63) is 29.8 Å². The molecule has 3 nitrogen and oxygen atoms in total. The van der Waals surface area contributed by atoms with Crippen LogP contribution in [0.25, 0.3) is 0 Å². The molecule has 0 aliphatic heterocycles. The van der Waals surface area contributed by atoms with E-state index in [0.29, 0.717) is 5.56 Å². The standard InChI is InChI=1S/C9H10NO2.Sn/c1-10-9(11)7-3-5-8(12-2)6-4-7;/h3-6H,1H2,2H3,(H,10,11);. The van der Waals surface area contributed by atoms with Gasteiger partial charge in [0.1, 0.15) is 0 Å². The fraction of sp³-hybridized carbons (Fsp3) is 0.222. The van der Waals surface area contributed by atoms with Crippen molar-refractivity contribution in [1.29, 1.82) is 0 Å². The summed E-state index contributed by atoms with van der Waals surface area (Å²) in [5, 5.41) is 2.76. The van der Waals surface area contributed by atoms with Crippen LogP contribution in [0.2, 0.25) is 0 Å². The Balaban J connectivity index is 2.74. The third-order valence-corrected chi connectivity index (χ3v) is 2.11. The molecule has 67 valence electrons. The summed E-state index contributed by atoms with van der Waals surface area (Å²) in [6, 6.07) is 7.05. The average Bonchev–Trinajstić information content (AvgIpc) is 2.18. The summed E-state index contributed by atoms with van der Waals surface area (Å²) >= 11 is 1.30. The Bertz CT molecular complexity index is 284. The predicted octanol–water partition coefficient (Wildman–Crippen LogP) is 0.551. The number of carbonyl (C=O) groups excluding carboxylic acids is 1. The molecule has 0 unspecified atom stereocenters. The molecular formula is C9H10NO2Sn. The van der Waals surface area contributed by atoms with E-state index in [1.807, 2.05) is 0 Å². The Morgan fingerprint density at radius 1 is 1.46 bits per heavy atom. The number of hydrogen-bond acceptors (Lipinski definition) is 2. The van der Waals surface area contributed by atoms with Crippen molar-refractivity contribution in [1.82, 2.24) is 5.32 Å². The van der Waals surface area contributed by atoms with Crippen molar-refractivity contribution >= 4 is 28.4 Å². The molecule has 0 aliphatic carbocycles. The van der Waals surface area contributed by atoms with Gasteiger partial charge in [-0.25, -0.2) is 0 Å². The molecule has 13 heavy (non-hydrogen) atoms. The second-order valence-corrected chi connectivity index (χ2v) is 3.42.